The number of carbonyl (C=O) groups is 1. The highest BCUT2D eigenvalue weighted by atomic mass is 35.5. The van der Waals surface area contributed by atoms with Crippen molar-refractivity contribution in [3.63, 3.8) is 0 Å². The summed E-state index contributed by atoms with van der Waals surface area (Å²) in [4.78, 5) is 20.0. The third-order valence-corrected chi connectivity index (χ3v) is 5.03. The van der Waals surface area contributed by atoms with Crippen LogP contribution in [0.5, 0.6) is 0 Å². The molecule has 0 radical (unpaired) electrons. The first-order valence-corrected chi connectivity index (χ1v) is 9.48. The van der Waals surface area contributed by atoms with E-state index in [-0.39, 0.29) is 5.69 Å². The van der Waals surface area contributed by atoms with Crippen LogP contribution in [0.4, 0.5) is 0 Å². The van der Waals surface area contributed by atoms with E-state index in [1.165, 1.54) is 6.07 Å². The molecule has 4 rings (SSSR count). The molecule has 0 unspecified atom stereocenters. The number of hydrogen-bond donors (Lipinski definition) is 1. The zero-order valence-corrected chi connectivity index (χ0v) is 16.5. The molecule has 0 aliphatic rings. The summed E-state index contributed by atoms with van der Waals surface area (Å²) in [6.07, 6.45) is 4.06. The number of imidazole rings is 1. The predicted octanol–water partition coefficient (Wildman–Crippen LogP) is 5.31. The molecule has 6 heteroatoms. The normalized spacial score (nSPS) is 11.4. The number of aryl methyl sites for hydroxylation is 1. The first-order valence-electron chi connectivity index (χ1n) is 9.10. The molecule has 144 valence electrons. The molecule has 4 aromatic rings. The van der Waals surface area contributed by atoms with Gasteiger partial charge in [-0.25, -0.2) is 14.8 Å². The van der Waals surface area contributed by atoms with Crippen molar-refractivity contribution in [2.24, 2.45) is 0 Å². The van der Waals surface area contributed by atoms with E-state index in [0.717, 1.165) is 22.5 Å². The average Bonchev–Trinajstić information content (AvgIpc) is 3.03. The van der Waals surface area contributed by atoms with Gasteiger partial charge in [0.25, 0.3) is 0 Å². The second-order valence-electron chi connectivity index (χ2n) is 6.68. The Kier molecular flexibility index (Phi) is 5.14. The van der Waals surface area contributed by atoms with Crippen molar-refractivity contribution in [1.29, 1.82) is 0 Å². The fraction of sp³-hybridized carbons (Fsp3) is 0.0870. The van der Waals surface area contributed by atoms with Crippen molar-refractivity contribution in [3.05, 3.63) is 93.9 Å². The lowest BCUT2D eigenvalue weighted by molar-refractivity contribution is 0.0691. The molecular weight excluding hydrogens is 386 g/mol. The second-order valence-corrected chi connectivity index (χ2v) is 7.09. The standard InChI is InChI=1S/C23H18ClN3O2/c1-15-25-20-11-12-21(23(28)29)26-22(20)27(15)14-18-10-9-17(13-19(18)24)8-7-16-5-3-2-4-6-16/h2-13H,14H2,1H3,(H,28,29). The molecule has 0 saturated carbocycles. The fourth-order valence-electron chi connectivity index (χ4n) is 3.15. The highest BCUT2D eigenvalue weighted by molar-refractivity contribution is 6.31. The Balaban J connectivity index is 1.63. The van der Waals surface area contributed by atoms with E-state index in [2.05, 4.69) is 9.97 Å². The van der Waals surface area contributed by atoms with Crippen LogP contribution in [0.3, 0.4) is 0 Å². The van der Waals surface area contributed by atoms with Gasteiger partial charge in [0.05, 0.1) is 6.54 Å². The van der Waals surface area contributed by atoms with Crippen LogP contribution in [-0.2, 0) is 6.54 Å². The molecule has 0 fully saturated rings. The van der Waals surface area contributed by atoms with Gasteiger partial charge in [-0.15, -0.1) is 0 Å². The zero-order valence-electron chi connectivity index (χ0n) is 15.7. The molecule has 5 nitrogen and oxygen atoms in total. The molecule has 2 aromatic heterocycles. The Labute approximate surface area is 172 Å². The van der Waals surface area contributed by atoms with Crippen molar-refractivity contribution >= 4 is 40.9 Å². The highest BCUT2D eigenvalue weighted by Gasteiger charge is 2.14. The van der Waals surface area contributed by atoms with Crippen LogP contribution in [0, 0.1) is 6.92 Å². The lowest BCUT2D eigenvalue weighted by atomic mass is 10.1. The van der Waals surface area contributed by atoms with Crippen molar-refractivity contribution in [3.8, 4) is 0 Å². The molecule has 2 heterocycles. The first-order chi connectivity index (χ1) is 14.0. The molecule has 2 aromatic carbocycles. The van der Waals surface area contributed by atoms with Crippen LogP contribution < -0.4 is 0 Å². The smallest absolute Gasteiger partial charge is 0.354 e. The molecule has 0 saturated heterocycles. The number of rotatable bonds is 5. The van der Waals surface area contributed by atoms with E-state index in [1.807, 2.05) is 72.2 Å². The van der Waals surface area contributed by atoms with Crippen LogP contribution >= 0.6 is 11.6 Å². The summed E-state index contributed by atoms with van der Waals surface area (Å²) in [6, 6.07) is 19.1. The van der Waals surface area contributed by atoms with E-state index < -0.39 is 5.97 Å². The van der Waals surface area contributed by atoms with Crippen LogP contribution in [0.15, 0.2) is 60.7 Å². The summed E-state index contributed by atoms with van der Waals surface area (Å²) >= 11 is 6.53. The number of benzene rings is 2. The molecule has 29 heavy (non-hydrogen) atoms. The Morgan fingerprint density at radius 3 is 2.52 bits per heavy atom. The summed E-state index contributed by atoms with van der Waals surface area (Å²) in [5.41, 5.74) is 4.21. The minimum absolute atomic E-state index is 0.00820. The van der Waals surface area contributed by atoms with Gasteiger partial charge < -0.3 is 9.67 Å². The van der Waals surface area contributed by atoms with E-state index in [9.17, 15) is 9.90 Å². The summed E-state index contributed by atoms with van der Waals surface area (Å²) in [7, 11) is 0. The minimum Gasteiger partial charge on any atom is -0.477 e. The number of carboxylic acid groups (broad SMARTS) is 1. The summed E-state index contributed by atoms with van der Waals surface area (Å²) in [5, 5.41) is 9.85. The van der Waals surface area contributed by atoms with Crippen molar-refractivity contribution in [1.82, 2.24) is 14.5 Å². The van der Waals surface area contributed by atoms with Gasteiger partial charge in [-0.2, -0.15) is 0 Å². The van der Waals surface area contributed by atoms with Gasteiger partial charge in [0, 0.05) is 5.02 Å². The number of aromatic carboxylic acids is 1. The fourth-order valence-corrected chi connectivity index (χ4v) is 3.39. The Bertz CT molecular complexity index is 1230. The van der Waals surface area contributed by atoms with E-state index in [4.69, 9.17) is 11.6 Å². The summed E-state index contributed by atoms with van der Waals surface area (Å²) in [6.45, 7) is 2.33. The van der Waals surface area contributed by atoms with E-state index in [0.29, 0.717) is 22.7 Å². The minimum atomic E-state index is -1.06. The lowest BCUT2D eigenvalue weighted by Crippen LogP contribution is -2.06. The third-order valence-electron chi connectivity index (χ3n) is 4.68. The average molecular weight is 404 g/mol. The molecule has 0 aliphatic carbocycles. The van der Waals surface area contributed by atoms with Gasteiger partial charge in [0.2, 0.25) is 0 Å². The largest absolute Gasteiger partial charge is 0.477 e. The maximum Gasteiger partial charge on any atom is 0.354 e. The Morgan fingerprint density at radius 1 is 1.03 bits per heavy atom. The highest BCUT2D eigenvalue weighted by Crippen LogP contribution is 2.23. The van der Waals surface area contributed by atoms with Crippen LogP contribution in [-0.4, -0.2) is 25.6 Å². The van der Waals surface area contributed by atoms with Crippen LogP contribution in [0.1, 0.15) is 33.0 Å². The van der Waals surface area contributed by atoms with Crippen LogP contribution in [0.2, 0.25) is 5.02 Å². The van der Waals surface area contributed by atoms with Gasteiger partial charge >= 0.3 is 5.97 Å². The van der Waals surface area contributed by atoms with Crippen molar-refractivity contribution in [2.45, 2.75) is 13.5 Å². The zero-order chi connectivity index (χ0) is 20.4. The SMILES string of the molecule is Cc1nc2ccc(C(=O)O)nc2n1Cc1ccc(C=Cc2ccccc2)cc1Cl. The van der Waals surface area contributed by atoms with Crippen LogP contribution in [0.25, 0.3) is 23.3 Å². The van der Waals surface area contributed by atoms with Crippen molar-refractivity contribution < 1.29 is 9.90 Å². The molecule has 0 bridgehead atoms. The molecule has 0 amide bonds. The number of carboxylic acids is 1. The third kappa shape index (κ3) is 4.05. The van der Waals surface area contributed by atoms with Crippen molar-refractivity contribution in [2.75, 3.05) is 0 Å². The van der Waals surface area contributed by atoms with E-state index >= 15 is 0 Å². The summed E-state index contributed by atoms with van der Waals surface area (Å²) in [5.74, 6) is -0.316. The second kappa shape index (κ2) is 7.89. The number of fused-ring (bicyclic) bond motifs is 1. The Hall–Kier alpha value is -3.44. The number of nitrogens with zero attached hydrogens (tertiary/aromatic N) is 3. The predicted molar refractivity (Wildman–Crippen MR) is 115 cm³/mol. The van der Waals surface area contributed by atoms with Gasteiger partial charge in [-0.05, 0) is 41.8 Å². The van der Waals surface area contributed by atoms with Gasteiger partial charge in [-0.1, -0.05) is 66.2 Å². The molecular formula is C23H18ClN3O2. The topological polar surface area (TPSA) is 68.0 Å². The maximum atomic E-state index is 11.3. The molecule has 1 N–H and O–H groups in total. The maximum absolute atomic E-state index is 11.3. The Morgan fingerprint density at radius 2 is 1.79 bits per heavy atom. The summed E-state index contributed by atoms with van der Waals surface area (Å²) < 4.78 is 1.88. The first kappa shape index (κ1) is 18.9. The van der Waals surface area contributed by atoms with Gasteiger partial charge in [-0.3, -0.25) is 0 Å². The monoisotopic (exact) mass is 403 g/mol. The number of aromatic nitrogens is 3. The molecule has 0 spiro atoms. The number of halogens is 1. The molecule has 0 aliphatic heterocycles. The lowest BCUT2D eigenvalue weighted by Gasteiger charge is -2.09. The quantitative estimate of drug-likeness (QED) is 0.458. The van der Waals surface area contributed by atoms with Gasteiger partial charge in [0.15, 0.2) is 11.3 Å². The van der Waals surface area contributed by atoms with Gasteiger partial charge in [0.1, 0.15) is 11.3 Å². The number of pyridine rings is 1. The van der Waals surface area contributed by atoms with E-state index in [1.54, 1.807) is 6.07 Å². The number of hydrogen-bond acceptors (Lipinski definition) is 3. The molecule has 0 atom stereocenters.